The molecule has 1 aliphatic rings. The molecule has 1 N–H and O–H groups in total. The van der Waals surface area contributed by atoms with Crippen LogP contribution in [0, 0.1) is 0 Å². The summed E-state index contributed by atoms with van der Waals surface area (Å²) in [5, 5.41) is 3.40. The highest BCUT2D eigenvalue weighted by Crippen LogP contribution is 2.35. The van der Waals surface area contributed by atoms with Gasteiger partial charge in [-0.05, 0) is 19.1 Å². The molecule has 0 aliphatic carbocycles. The molecule has 0 bridgehead atoms. The van der Waals surface area contributed by atoms with Crippen molar-refractivity contribution >= 4 is 35.9 Å². The van der Waals surface area contributed by atoms with Gasteiger partial charge in [0.1, 0.15) is 5.75 Å². The van der Waals surface area contributed by atoms with E-state index in [1.807, 2.05) is 18.2 Å². The molecule has 0 amide bonds. The summed E-state index contributed by atoms with van der Waals surface area (Å²) in [6.45, 7) is 6.70. The summed E-state index contributed by atoms with van der Waals surface area (Å²) >= 11 is 0. The zero-order valence-electron chi connectivity index (χ0n) is 18.5. The summed E-state index contributed by atoms with van der Waals surface area (Å²) < 4.78 is 16.3. The van der Waals surface area contributed by atoms with Crippen LogP contribution in [0.4, 0.5) is 5.95 Å². The van der Waals surface area contributed by atoms with Crippen molar-refractivity contribution in [3.63, 3.8) is 0 Å². The Labute approximate surface area is 200 Å². The second-order valence-electron chi connectivity index (χ2n) is 6.71. The first kappa shape index (κ1) is 24.8. The van der Waals surface area contributed by atoms with Gasteiger partial charge in [0.05, 0.1) is 27.9 Å². The van der Waals surface area contributed by atoms with Gasteiger partial charge in [-0.1, -0.05) is 0 Å². The van der Waals surface area contributed by atoms with Crippen LogP contribution in [0.2, 0.25) is 0 Å². The van der Waals surface area contributed by atoms with E-state index in [1.165, 1.54) is 0 Å². The Morgan fingerprint density at radius 3 is 2.16 bits per heavy atom. The van der Waals surface area contributed by atoms with E-state index in [1.54, 1.807) is 33.7 Å². The number of guanidine groups is 1. The van der Waals surface area contributed by atoms with Crippen LogP contribution in [0.25, 0.3) is 0 Å². The molecule has 0 saturated carbocycles. The third-order valence-corrected chi connectivity index (χ3v) is 4.93. The van der Waals surface area contributed by atoms with Crippen LogP contribution in [0.5, 0.6) is 17.2 Å². The van der Waals surface area contributed by atoms with Crippen LogP contribution in [0.3, 0.4) is 0 Å². The number of methoxy groups -OCH3 is 3. The topological polar surface area (TPSA) is 84.3 Å². The van der Waals surface area contributed by atoms with Gasteiger partial charge < -0.3 is 29.3 Å². The van der Waals surface area contributed by atoms with Gasteiger partial charge in [0.2, 0.25) is 5.95 Å². The molecule has 0 unspecified atom stereocenters. The predicted molar refractivity (Wildman–Crippen MR) is 132 cm³/mol. The SMILES string of the molecule is CCNC(=NCc1cc(OC)c(OC)cc1OC)N1CCN(c2ncccn2)CC1.I. The van der Waals surface area contributed by atoms with Crippen LogP contribution >= 0.6 is 24.0 Å². The van der Waals surface area contributed by atoms with E-state index < -0.39 is 0 Å². The monoisotopic (exact) mass is 542 g/mol. The van der Waals surface area contributed by atoms with Gasteiger partial charge in [0, 0.05) is 56.7 Å². The van der Waals surface area contributed by atoms with E-state index >= 15 is 0 Å². The van der Waals surface area contributed by atoms with Crippen molar-refractivity contribution in [2.24, 2.45) is 4.99 Å². The fraction of sp³-hybridized carbons (Fsp3) is 0.476. The lowest BCUT2D eigenvalue weighted by Crippen LogP contribution is -2.52. The maximum Gasteiger partial charge on any atom is 0.225 e. The molecule has 2 heterocycles. The van der Waals surface area contributed by atoms with E-state index in [-0.39, 0.29) is 24.0 Å². The Hall–Kier alpha value is -2.50. The predicted octanol–water partition coefficient (Wildman–Crippen LogP) is 2.41. The van der Waals surface area contributed by atoms with E-state index in [9.17, 15) is 0 Å². The molecule has 0 atom stereocenters. The zero-order valence-corrected chi connectivity index (χ0v) is 20.8. The number of anilines is 1. The summed E-state index contributed by atoms with van der Waals surface area (Å²) in [7, 11) is 4.88. The molecular formula is C21H31IN6O3. The zero-order chi connectivity index (χ0) is 21.3. The number of nitrogens with one attached hydrogen (secondary N) is 1. The van der Waals surface area contributed by atoms with Crippen molar-refractivity contribution in [1.29, 1.82) is 0 Å². The normalized spacial score (nSPS) is 14.0. The number of ether oxygens (including phenoxy) is 3. The first-order chi connectivity index (χ1) is 14.7. The molecule has 31 heavy (non-hydrogen) atoms. The molecule has 170 valence electrons. The maximum absolute atomic E-state index is 5.53. The number of hydrogen-bond donors (Lipinski definition) is 1. The van der Waals surface area contributed by atoms with Crippen molar-refractivity contribution in [1.82, 2.24) is 20.2 Å². The van der Waals surface area contributed by atoms with Gasteiger partial charge in [-0.25, -0.2) is 15.0 Å². The highest BCUT2D eigenvalue weighted by atomic mass is 127. The lowest BCUT2D eigenvalue weighted by molar-refractivity contribution is 0.347. The second-order valence-corrected chi connectivity index (χ2v) is 6.71. The van der Waals surface area contributed by atoms with Gasteiger partial charge in [-0.3, -0.25) is 0 Å². The molecule has 1 saturated heterocycles. The summed E-state index contributed by atoms with van der Waals surface area (Å²) in [4.78, 5) is 18.0. The molecule has 2 aromatic rings. The number of hydrogen-bond acceptors (Lipinski definition) is 7. The van der Waals surface area contributed by atoms with Gasteiger partial charge in [0.25, 0.3) is 0 Å². The number of nitrogens with zero attached hydrogens (tertiary/aromatic N) is 5. The average Bonchev–Trinajstić information content (AvgIpc) is 2.81. The Morgan fingerprint density at radius 1 is 0.968 bits per heavy atom. The average molecular weight is 542 g/mol. The number of benzene rings is 1. The van der Waals surface area contributed by atoms with Crippen LogP contribution in [0.15, 0.2) is 35.6 Å². The molecule has 1 aromatic heterocycles. The smallest absolute Gasteiger partial charge is 0.225 e. The van der Waals surface area contributed by atoms with E-state index in [0.717, 1.165) is 55.9 Å². The Morgan fingerprint density at radius 2 is 1.58 bits per heavy atom. The van der Waals surface area contributed by atoms with Crippen molar-refractivity contribution in [2.45, 2.75) is 13.5 Å². The van der Waals surface area contributed by atoms with Gasteiger partial charge in [0.15, 0.2) is 17.5 Å². The quantitative estimate of drug-likeness (QED) is 0.325. The molecule has 0 spiro atoms. The molecule has 3 rings (SSSR count). The molecule has 0 radical (unpaired) electrons. The standard InChI is InChI=1S/C21H30N6O3.HI/c1-5-22-20(26-9-11-27(12-10-26)21-23-7-6-8-24-21)25-15-16-13-18(29-3)19(30-4)14-17(16)28-2;/h6-8,13-14H,5,9-12,15H2,1-4H3,(H,22,25);1H. The van der Waals surface area contributed by atoms with Crippen molar-refractivity contribution in [3.8, 4) is 17.2 Å². The van der Waals surface area contributed by atoms with Gasteiger partial charge in [-0.2, -0.15) is 0 Å². The number of aromatic nitrogens is 2. The fourth-order valence-corrected chi connectivity index (χ4v) is 3.37. The highest BCUT2D eigenvalue weighted by Gasteiger charge is 2.21. The lowest BCUT2D eigenvalue weighted by atomic mass is 10.1. The lowest BCUT2D eigenvalue weighted by Gasteiger charge is -2.36. The van der Waals surface area contributed by atoms with E-state index in [2.05, 4.69) is 32.0 Å². The molecule has 10 heteroatoms. The molecule has 1 aliphatic heterocycles. The third kappa shape index (κ3) is 6.25. The van der Waals surface area contributed by atoms with Crippen molar-refractivity contribution in [3.05, 3.63) is 36.2 Å². The molecule has 1 aromatic carbocycles. The minimum Gasteiger partial charge on any atom is -0.496 e. The largest absolute Gasteiger partial charge is 0.496 e. The summed E-state index contributed by atoms with van der Waals surface area (Å²) in [6, 6.07) is 5.57. The van der Waals surface area contributed by atoms with Crippen LogP contribution in [-0.2, 0) is 6.54 Å². The highest BCUT2D eigenvalue weighted by molar-refractivity contribution is 14.0. The maximum atomic E-state index is 5.53. The Bertz CT molecular complexity index is 845. The van der Waals surface area contributed by atoms with Crippen molar-refractivity contribution in [2.75, 3.05) is 59.0 Å². The molecule has 9 nitrogen and oxygen atoms in total. The molecular weight excluding hydrogens is 511 g/mol. The van der Waals surface area contributed by atoms with Gasteiger partial charge in [-0.15, -0.1) is 24.0 Å². The summed E-state index contributed by atoms with van der Waals surface area (Å²) in [6.07, 6.45) is 3.55. The third-order valence-electron chi connectivity index (χ3n) is 4.93. The van der Waals surface area contributed by atoms with Crippen LogP contribution in [-0.4, -0.2) is 74.9 Å². The number of aliphatic imine (C=N–C) groups is 1. The summed E-state index contributed by atoms with van der Waals surface area (Å²) in [5.74, 6) is 3.66. The first-order valence-corrected chi connectivity index (χ1v) is 10.0. The summed E-state index contributed by atoms with van der Waals surface area (Å²) in [5.41, 5.74) is 0.932. The Balaban J connectivity index is 0.00000341. The van der Waals surface area contributed by atoms with Crippen LogP contribution in [0.1, 0.15) is 12.5 Å². The van der Waals surface area contributed by atoms with E-state index in [0.29, 0.717) is 18.0 Å². The van der Waals surface area contributed by atoms with E-state index in [4.69, 9.17) is 19.2 Å². The number of halogens is 1. The minimum absolute atomic E-state index is 0. The fourth-order valence-electron chi connectivity index (χ4n) is 3.37. The second kappa shape index (κ2) is 12.4. The Kier molecular flexibility index (Phi) is 9.89. The minimum atomic E-state index is 0. The van der Waals surface area contributed by atoms with Crippen molar-refractivity contribution < 1.29 is 14.2 Å². The number of piperazine rings is 1. The first-order valence-electron chi connectivity index (χ1n) is 10.0. The van der Waals surface area contributed by atoms with Gasteiger partial charge >= 0.3 is 0 Å². The molecule has 1 fully saturated rings. The number of rotatable bonds is 7. The van der Waals surface area contributed by atoms with Crippen LogP contribution < -0.4 is 24.4 Å².